The molecule has 1 aromatic carbocycles. The van der Waals surface area contributed by atoms with Gasteiger partial charge >= 0.3 is 6.09 Å². The van der Waals surface area contributed by atoms with Crippen LogP contribution in [0, 0.1) is 0 Å². The van der Waals surface area contributed by atoms with Crippen LogP contribution >= 0.6 is 0 Å². The number of benzene rings is 1. The molecule has 0 spiro atoms. The van der Waals surface area contributed by atoms with Crippen molar-refractivity contribution in [2.24, 2.45) is 0 Å². The first-order chi connectivity index (χ1) is 9.74. The molecule has 2 aromatic rings. The smallest absolute Gasteiger partial charge is 0.404 e. The van der Waals surface area contributed by atoms with E-state index in [-0.39, 0.29) is 12.6 Å². The van der Waals surface area contributed by atoms with Crippen LogP contribution < -0.4 is 10.1 Å². The molecule has 1 aliphatic rings. The molecule has 3 rings (SSSR count). The number of hydrogen-bond donors (Lipinski definition) is 2. The van der Waals surface area contributed by atoms with Crippen LogP contribution in [0.5, 0.6) is 5.75 Å². The maximum absolute atomic E-state index is 10.5. The third-order valence-electron chi connectivity index (χ3n) is 3.28. The Balaban J connectivity index is 1.85. The lowest BCUT2D eigenvalue weighted by atomic mass is 10.0. The van der Waals surface area contributed by atoms with Gasteiger partial charge in [-0.2, -0.15) is 0 Å². The van der Waals surface area contributed by atoms with Gasteiger partial charge < -0.3 is 15.2 Å². The minimum absolute atomic E-state index is 0.154. The van der Waals surface area contributed by atoms with Gasteiger partial charge in [-0.05, 0) is 11.6 Å². The zero-order valence-electron chi connectivity index (χ0n) is 10.7. The van der Waals surface area contributed by atoms with Gasteiger partial charge in [-0.3, -0.25) is 4.98 Å². The summed E-state index contributed by atoms with van der Waals surface area (Å²) in [5.41, 5.74) is 3.09. The average Bonchev–Trinajstić information content (AvgIpc) is 2.89. The van der Waals surface area contributed by atoms with Crippen LogP contribution in [0.3, 0.4) is 0 Å². The van der Waals surface area contributed by atoms with E-state index in [1.807, 2.05) is 30.3 Å². The lowest BCUT2D eigenvalue weighted by Crippen LogP contribution is -2.33. The van der Waals surface area contributed by atoms with E-state index in [4.69, 9.17) is 9.84 Å². The molecule has 0 aliphatic carbocycles. The number of rotatable bonds is 3. The molecule has 0 bridgehead atoms. The molecule has 2 N–H and O–H groups in total. The van der Waals surface area contributed by atoms with E-state index in [9.17, 15) is 4.79 Å². The Kier molecular flexibility index (Phi) is 3.25. The van der Waals surface area contributed by atoms with E-state index in [1.54, 1.807) is 12.4 Å². The largest absolute Gasteiger partial charge is 0.487 e. The number of aromatic nitrogens is 1. The normalized spacial score (nSPS) is 16.3. The minimum Gasteiger partial charge on any atom is -0.487 e. The summed E-state index contributed by atoms with van der Waals surface area (Å²) in [7, 11) is 0. The van der Waals surface area contributed by atoms with E-state index in [0.29, 0.717) is 6.42 Å². The second-order valence-electron chi connectivity index (χ2n) is 4.67. The van der Waals surface area contributed by atoms with Crippen LogP contribution in [0.1, 0.15) is 5.56 Å². The molecule has 20 heavy (non-hydrogen) atoms. The van der Waals surface area contributed by atoms with Crippen LogP contribution in [0.25, 0.3) is 11.1 Å². The van der Waals surface area contributed by atoms with Gasteiger partial charge in [0.1, 0.15) is 11.9 Å². The molecule has 5 nitrogen and oxygen atoms in total. The molecule has 0 saturated carbocycles. The monoisotopic (exact) mass is 270 g/mol. The molecule has 1 aliphatic heterocycles. The number of nitrogens with one attached hydrogen (secondary N) is 1. The van der Waals surface area contributed by atoms with Crippen LogP contribution in [0.4, 0.5) is 4.79 Å². The first-order valence-electron chi connectivity index (χ1n) is 6.40. The van der Waals surface area contributed by atoms with Crippen molar-refractivity contribution in [1.82, 2.24) is 10.3 Å². The SMILES string of the molecule is O=C(O)NCC1Cc2cccc(-c3cccnc3)c2O1. The number of carbonyl (C=O) groups is 1. The molecule has 2 heterocycles. The third-order valence-corrected chi connectivity index (χ3v) is 3.28. The fourth-order valence-electron chi connectivity index (χ4n) is 2.40. The summed E-state index contributed by atoms with van der Waals surface area (Å²) in [4.78, 5) is 14.7. The number of para-hydroxylation sites is 1. The molecular weight excluding hydrogens is 256 g/mol. The lowest BCUT2D eigenvalue weighted by molar-refractivity contribution is 0.181. The highest BCUT2D eigenvalue weighted by Gasteiger charge is 2.25. The molecule has 0 radical (unpaired) electrons. The van der Waals surface area contributed by atoms with Crippen molar-refractivity contribution in [3.05, 3.63) is 48.3 Å². The van der Waals surface area contributed by atoms with Gasteiger partial charge in [-0.1, -0.05) is 24.3 Å². The number of amides is 1. The lowest BCUT2D eigenvalue weighted by Gasteiger charge is -2.12. The summed E-state index contributed by atoms with van der Waals surface area (Å²) in [6, 6.07) is 9.85. The third kappa shape index (κ3) is 2.42. The topological polar surface area (TPSA) is 71.5 Å². The van der Waals surface area contributed by atoms with Gasteiger partial charge in [-0.15, -0.1) is 0 Å². The molecule has 1 atom stereocenters. The van der Waals surface area contributed by atoms with Gasteiger partial charge in [0, 0.05) is 29.9 Å². The van der Waals surface area contributed by atoms with Crippen LogP contribution in [0.2, 0.25) is 0 Å². The zero-order chi connectivity index (χ0) is 13.9. The van der Waals surface area contributed by atoms with E-state index >= 15 is 0 Å². The Labute approximate surface area is 116 Å². The number of ether oxygens (including phenoxy) is 1. The van der Waals surface area contributed by atoms with Crippen LogP contribution in [0.15, 0.2) is 42.7 Å². The highest BCUT2D eigenvalue weighted by atomic mass is 16.5. The summed E-state index contributed by atoms with van der Waals surface area (Å²) in [5.74, 6) is 0.831. The quantitative estimate of drug-likeness (QED) is 0.897. The van der Waals surface area contributed by atoms with Crippen molar-refractivity contribution in [1.29, 1.82) is 0 Å². The van der Waals surface area contributed by atoms with Gasteiger partial charge in [0.15, 0.2) is 0 Å². The first-order valence-corrected chi connectivity index (χ1v) is 6.40. The molecule has 5 heteroatoms. The number of fused-ring (bicyclic) bond motifs is 1. The predicted octanol–water partition coefficient (Wildman–Crippen LogP) is 2.32. The van der Waals surface area contributed by atoms with Crippen molar-refractivity contribution < 1.29 is 14.6 Å². The fourth-order valence-corrected chi connectivity index (χ4v) is 2.40. The summed E-state index contributed by atoms with van der Waals surface area (Å²) in [6.07, 6.45) is 3.05. The Morgan fingerprint density at radius 1 is 1.40 bits per heavy atom. The number of nitrogens with zero attached hydrogens (tertiary/aromatic N) is 1. The Bertz CT molecular complexity index is 628. The summed E-state index contributed by atoms with van der Waals surface area (Å²) < 4.78 is 5.89. The van der Waals surface area contributed by atoms with Crippen molar-refractivity contribution in [2.75, 3.05) is 6.54 Å². The second kappa shape index (κ2) is 5.21. The van der Waals surface area contributed by atoms with Gasteiger partial charge in [0.2, 0.25) is 0 Å². The molecule has 0 fully saturated rings. The number of hydrogen-bond acceptors (Lipinski definition) is 3. The molecule has 1 aromatic heterocycles. The van der Waals surface area contributed by atoms with Crippen molar-refractivity contribution in [3.63, 3.8) is 0 Å². The minimum atomic E-state index is -1.03. The van der Waals surface area contributed by atoms with E-state index in [0.717, 1.165) is 22.4 Å². The molecule has 1 amide bonds. The maximum Gasteiger partial charge on any atom is 0.404 e. The summed E-state index contributed by atoms with van der Waals surface area (Å²) in [5, 5.41) is 11.0. The van der Waals surface area contributed by atoms with E-state index < -0.39 is 6.09 Å². The van der Waals surface area contributed by atoms with E-state index in [1.165, 1.54) is 0 Å². The number of carboxylic acid groups (broad SMARTS) is 1. The van der Waals surface area contributed by atoms with Crippen molar-refractivity contribution in [3.8, 4) is 16.9 Å². The maximum atomic E-state index is 10.5. The van der Waals surface area contributed by atoms with Gasteiger partial charge in [0.05, 0.1) is 6.54 Å². The fraction of sp³-hybridized carbons (Fsp3) is 0.200. The Morgan fingerprint density at radius 2 is 2.30 bits per heavy atom. The highest BCUT2D eigenvalue weighted by Crippen LogP contribution is 2.38. The molecule has 102 valence electrons. The zero-order valence-corrected chi connectivity index (χ0v) is 10.7. The van der Waals surface area contributed by atoms with Crippen LogP contribution in [-0.2, 0) is 6.42 Å². The first kappa shape index (κ1) is 12.5. The highest BCUT2D eigenvalue weighted by molar-refractivity contribution is 5.72. The summed E-state index contributed by atoms with van der Waals surface area (Å²) in [6.45, 7) is 0.288. The van der Waals surface area contributed by atoms with E-state index in [2.05, 4.69) is 10.3 Å². The summed E-state index contributed by atoms with van der Waals surface area (Å²) >= 11 is 0. The van der Waals surface area contributed by atoms with Crippen molar-refractivity contribution in [2.45, 2.75) is 12.5 Å². The molecular formula is C15H14N2O3. The average molecular weight is 270 g/mol. The predicted molar refractivity (Wildman–Crippen MR) is 73.8 cm³/mol. The van der Waals surface area contributed by atoms with Crippen molar-refractivity contribution >= 4 is 6.09 Å². The number of pyridine rings is 1. The molecule has 1 unspecified atom stereocenters. The van der Waals surface area contributed by atoms with Gasteiger partial charge in [-0.25, -0.2) is 4.79 Å². The Morgan fingerprint density at radius 3 is 3.05 bits per heavy atom. The standard InChI is InChI=1S/C15H14N2O3/c18-15(19)17-9-12-7-10-3-1-5-13(14(10)20-12)11-4-2-6-16-8-11/h1-6,8,12,17H,7,9H2,(H,18,19). The second-order valence-corrected chi connectivity index (χ2v) is 4.67. The van der Waals surface area contributed by atoms with Crippen LogP contribution in [-0.4, -0.2) is 28.8 Å². The van der Waals surface area contributed by atoms with Gasteiger partial charge in [0.25, 0.3) is 0 Å². The molecule has 0 saturated heterocycles. The Hall–Kier alpha value is -2.56.